The summed E-state index contributed by atoms with van der Waals surface area (Å²) in [5, 5.41) is 0. The molecule has 0 aliphatic heterocycles. The summed E-state index contributed by atoms with van der Waals surface area (Å²) in [4.78, 5) is 0. The molecule has 0 unspecified atom stereocenters. The van der Waals surface area contributed by atoms with Gasteiger partial charge < -0.3 is 18.1 Å². The van der Waals surface area contributed by atoms with E-state index in [1.54, 1.807) is 0 Å². The minimum absolute atomic E-state index is 0.0175. The van der Waals surface area contributed by atoms with Gasteiger partial charge >= 0.3 is 0 Å². The van der Waals surface area contributed by atoms with Crippen molar-refractivity contribution in [2.75, 3.05) is 5.90 Å². The second-order valence-electron chi connectivity index (χ2n) is 5.98. The molecule has 0 saturated carbocycles. The van der Waals surface area contributed by atoms with Gasteiger partial charge in [0.25, 0.3) is 0 Å². The third kappa shape index (κ3) is 10.5. The van der Waals surface area contributed by atoms with E-state index in [1.165, 1.54) is 0 Å². The van der Waals surface area contributed by atoms with E-state index in [0.717, 1.165) is 0 Å². The first kappa shape index (κ1) is 22.1. The van der Waals surface area contributed by atoms with Crippen molar-refractivity contribution in [3.05, 3.63) is 0 Å². The lowest BCUT2D eigenvalue weighted by molar-refractivity contribution is 0.166. The van der Waals surface area contributed by atoms with Gasteiger partial charge in [0, 0.05) is 0 Å². The van der Waals surface area contributed by atoms with Crippen molar-refractivity contribution in [1.29, 1.82) is 0 Å². The van der Waals surface area contributed by atoms with Crippen LogP contribution >= 0.6 is 13.0 Å². The van der Waals surface area contributed by atoms with E-state index in [0.29, 0.717) is 5.90 Å². The predicted molar refractivity (Wildman–Crippen MR) is 98.3 cm³/mol. The Labute approximate surface area is 140 Å². The van der Waals surface area contributed by atoms with Crippen LogP contribution in [0, 0.1) is 0 Å². The zero-order valence-corrected chi connectivity index (χ0v) is 17.8. The van der Waals surface area contributed by atoms with Gasteiger partial charge in [-0.2, -0.15) is 0 Å². The van der Waals surface area contributed by atoms with Crippen molar-refractivity contribution in [3.8, 4) is 0 Å². The summed E-state index contributed by atoms with van der Waals surface area (Å²) < 4.78 is 23.6. The molecule has 21 heavy (non-hydrogen) atoms. The molecule has 0 aliphatic rings. The molecule has 4 nitrogen and oxygen atoms in total. The molecule has 0 bridgehead atoms. The van der Waals surface area contributed by atoms with E-state index in [4.69, 9.17) is 41.7 Å². The zero-order chi connectivity index (χ0) is 16.8. The SMILES string of the molecule is CC(C)OP(=S)(CP(=S)(OC(C)C)OC(C)C)OC(C)C. The Balaban J connectivity index is 5.29. The molecule has 0 atom stereocenters. The zero-order valence-electron chi connectivity index (χ0n) is 14.4. The molecular weight excluding hydrogens is 346 g/mol. The van der Waals surface area contributed by atoms with Gasteiger partial charge in [-0.25, -0.2) is 0 Å². The van der Waals surface area contributed by atoms with Crippen LogP contribution in [0.5, 0.6) is 0 Å². The summed E-state index contributed by atoms with van der Waals surface area (Å²) in [7, 11) is 0. The van der Waals surface area contributed by atoms with Crippen LogP contribution in [0.2, 0.25) is 0 Å². The molecule has 0 amide bonds. The van der Waals surface area contributed by atoms with E-state index < -0.39 is 13.0 Å². The third-order valence-corrected chi connectivity index (χ3v) is 10.7. The summed E-state index contributed by atoms with van der Waals surface area (Å²) in [6.07, 6.45) is -0.0699. The molecule has 0 N–H and O–H groups in total. The predicted octanol–water partition coefficient (Wildman–Crippen LogP) is 5.26. The highest BCUT2D eigenvalue weighted by atomic mass is 32.5. The Bertz CT molecular complexity index is 334. The summed E-state index contributed by atoms with van der Waals surface area (Å²) in [6.45, 7) is 10.5. The molecule has 8 heteroatoms. The van der Waals surface area contributed by atoms with Crippen LogP contribution in [0.3, 0.4) is 0 Å². The topological polar surface area (TPSA) is 36.9 Å². The fraction of sp³-hybridized carbons (Fsp3) is 1.00. The second-order valence-corrected chi connectivity index (χ2v) is 13.7. The maximum atomic E-state index is 5.91. The Hall–Kier alpha value is 1.14. The van der Waals surface area contributed by atoms with Crippen molar-refractivity contribution >= 4 is 36.6 Å². The summed E-state index contributed by atoms with van der Waals surface area (Å²) >= 11 is 11.4. The van der Waals surface area contributed by atoms with Gasteiger partial charge in [0.15, 0.2) is 13.0 Å². The molecule has 128 valence electrons. The van der Waals surface area contributed by atoms with Crippen molar-refractivity contribution in [2.24, 2.45) is 0 Å². The van der Waals surface area contributed by atoms with E-state index in [-0.39, 0.29) is 24.4 Å². The quantitative estimate of drug-likeness (QED) is 0.484. The normalized spacial score (nSPS) is 13.9. The van der Waals surface area contributed by atoms with Gasteiger partial charge in [-0.3, -0.25) is 0 Å². The second kappa shape index (κ2) is 9.44. The van der Waals surface area contributed by atoms with Crippen LogP contribution in [0.15, 0.2) is 0 Å². The van der Waals surface area contributed by atoms with Crippen LogP contribution in [-0.2, 0) is 41.7 Å². The van der Waals surface area contributed by atoms with Gasteiger partial charge in [-0.05, 0) is 79.0 Å². The van der Waals surface area contributed by atoms with Crippen molar-refractivity contribution in [2.45, 2.75) is 79.8 Å². The average molecular weight is 376 g/mol. The molecule has 0 aromatic heterocycles. The molecule has 0 heterocycles. The first-order valence-electron chi connectivity index (χ1n) is 7.29. The molecule has 0 radical (unpaired) electrons. The van der Waals surface area contributed by atoms with Gasteiger partial charge in [0.1, 0.15) is 0 Å². The third-order valence-electron chi connectivity index (χ3n) is 1.83. The first-order valence-corrected chi connectivity index (χ1v) is 12.9. The lowest BCUT2D eigenvalue weighted by Gasteiger charge is -2.33. The molecule has 0 aromatic rings. The van der Waals surface area contributed by atoms with Gasteiger partial charge in [-0.15, -0.1) is 0 Å². The molecule has 0 spiro atoms. The highest BCUT2D eigenvalue weighted by Crippen LogP contribution is 2.66. The Kier molecular flexibility index (Phi) is 9.95. The molecule has 0 saturated heterocycles. The maximum absolute atomic E-state index is 5.91. The Morgan fingerprint density at radius 1 is 0.571 bits per heavy atom. The minimum atomic E-state index is -2.54. The van der Waals surface area contributed by atoms with Crippen LogP contribution in [0.4, 0.5) is 0 Å². The van der Waals surface area contributed by atoms with Crippen molar-refractivity contribution in [3.63, 3.8) is 0 Å². The van der Waals surface area contributed by atoms with Gasteiger partial charge in [0.05, 0.1) is 30.3 Å². The fourth-order valence-corrected chi connectivity index (χ4v) is 12.6. The number of hydrogen-bond donors (Lipinski definition) is 0. The number of hydrogen-bond acceptors (Lipinski definition) is 6. The van der Waals surface area contributed by atoms with E-state index in [1.807, 2.05) is 55.4 Å². The lowest BCUT2D eigenvalue weighted by Crippen LogP contribution is -2.15. The van der Waals surface area contributed by atoms with Crippen LogP contribution in [0.25, 0.3) is 0 Å². The minimum Gasteiger partial charge on any atom is -0.326 e. The van der Waals surface area contributed by atoms with Crippen LogP contribution in [-0.4, -0.2) is 30.3 Å². The fourth-order valence-electron chi connectivity index (χ4n) is 1.68. The standard InChI is InChI=1S/C13H30O4P2S2/c1-10(2)14-18(20,15-11(3)4)9-19(21,16-12(5)6)17-13(7)8/h10-13H,9H2,1-8H3. The highest BCUT2D eigenvalue weighted by Gasteiger charge is 2.34. The highest BCUT2D eigenvalue weighted by molar-refractivity contribution is 8.19. The summed E-state index contributed by atoms with van der Waals surface area (Å²) in [5.74, 6) is 0.359. The summed E-state index contributed by atoms with van der Waals surface area (Å²) in [5.41, 5.74) is 0. The molecule has 0 aliphatic carbocycles. The van der Waals surface area contributed by atoms with E-state index in [9.17, 15) is 0 Å². The van der Waals surface area contributed by atoms with Crippen molar-refractivity contribution in [1.82, 2.24) is 0 Å². The Morgan fingerprint density at radius 2 is 0.762 bits per heavy atom. The van der Waals surface area contributed by atoms with Gasteiger partial charge in [0.2, 0.25) is 0 Å². The Morgan fingerprint density at radius 3 is 0.905 bits per heavy atom. The van der Waals surface area contributed by atoms with Gasteiger partial charge in [-0.1, -0.05) is 0 Å². The summed E-state index contributed by atoms with van der Waals surface area (Å²) in [6, 6.07) is 0. The van der Waals surface area contributed by atoms with Crippen LogP contribution in [0.1, 0.15) is 55.4 Å². The van der Waals surface area contributed by atoms with Crippen molar-refractivity contribution < 1.29 is 18.1 Å². The lowest BCUT2D eigenvalue weighted by atomic mass is 10.5. The largest absolute Gasteiger partial charge is 0.326 e. The smallest absolute Gasteiger partial charge is 0.198 e. The average Bonchev–Trinajstić information content (AvgIpc) is 2.07. The monoisotopic (exact) mass is 376 g/mol. The molecular formula is C13H30O4P2S2. The van der Waals surface area contributed by atoms with E-state index in [2.05, 4.69) is 0 Å². The number of rotatable bonds is 10. The first-order chi connectivity index (χ1) is 9.37. The van der Waals surface area contributed by atoms with Crippen LogP contribution < -0.4 is 0 Å². The molecule has 0 aromatic carbocycles. The van der Waals surface area contributed by atoms with E-state index >= 15 is 0 Å². The molecule has 0 rings (SSSR count). The maximum Gasteiger partial charge on any atom is 0.198 e. The molecule has 0 fully saturated rings.